The molecule has 4 aliphatic rings. The van der Waals surface area contributed by atoms with Crippen molar-refractivity contribution in [3.05, 3.63) is 29.3 Å². The van der Waals surface area contributed by atoms with E-state index in [4.69, 9.17) is 14.2 Å². The lowest BCUT2D eigenvalue weighted by Gasteiger charge is -2.52. The van der Waals surface area contributed by atoms with Crippen molar-refractivity contribution in [1.29, 1.82) is 0 Å². The number of rotatable bonds is 6. The third-order valence-electron chi connectivity index (χ3n) is 9.55. The molecule has 5 rings (SSSR count). The average molecular weight is 495 g/mol. The van der Waals surface area contributed by atoms with Crippen LogP contribution in [0.25, 0.3) is 0 Å². The smallest absolute Gasteiger partial charge is 0.305 e. The van der Waals surface area contributed by atoms with E-state index in [1.54, 1.807) is 6.92 Å². The van der Waals surface area contributed by atoms with Gasteiger partial charge in [-0.1, -0.05) is 25.8 Å². The van der Waals surface area contributed by atoms with Crippen molar-refractivity contribution in [2.24, 2.45) is 17.3 Å². The van der Waals surface area contributed by atoms with Crippen molar-refractivity contribution >= 4 is 5.97 Å². The Hall–Kier alpha value is -2.03. The number of aliphatic hydroxyl groups is 1. The molecule has 3 fully saturated rings. The summed E-state index contributed by atoms with van der Waals surface area (Å²) in [6.45, 7) is 5.29. The molecule has 1 N–H and O–H groups in total. The molecule has 5 nitrogen and oxygen atoms in total. The number of carbonyl (C=O) groups is 1. The number of carbonyl (C=O) groups excluding carboxylic acids is 1. The standard InChI is InChI=1S/C31H42O5/c1-3-28(32)34-19-7-4-6-16-31(33)18-15-27-26-12-10-22-21-23(36-29-9-5-8-20-35-29)11-13-24(22)25(26)14-17-30(27,31)2/h11,13,21,25-27,29,33H,3-5,7-10,12,14-15,17-20H2,1-2H3/t25-,26-,27+,29?,30+,31+/m1/s1. The van der Waals surface area contributed by atoms with Crippen LogP contribution in [0.5, 0.6) is 5.75 Å². The first-order valence-corrected chi connectivity index (χ1v) is 14.2. The zero-order valence-electron chi connectivity index (χ0n) is 22.0. The maximum atomic E-state index is 11.7. The summed E-state index contributed by atoms with van der Waals surface area (Å²) in [5.74, 6) is 8.97. The molecule has 36 heavy (non-hydrogen) atoms. The number of unbranched alkanes of at least 4 members (excludes halogenated alkanes) is 1. The summed E-state index contributed by atoms with van der Waals surface area (Å²) in [5.41, 5.74) is 1.86. The van der Waals surface area contributed by atoms with E-state index < -0.39 is 5.60 Å². The van der Waals surface area contributed by atoms with E-state index in [0.717, 1.165) is 63.7 Å². The monoisotopic (exact) mass is 494 g/mol. The Balaban J connectivity index is 1.23. The molecule has 0 amide bonds. The van der Waals surface area contributed by atoms with E-state index in [-0.39, 0.29) is 17.7 Å². The normalized spacial score (nSPS) is 35.0. The van der Waals surface area contributed by atoms with Crippen LogP contribution >= 0.6 is 0 Å². The van der Waals surface area contributed by atoms with E-state index in [2.05, 4.69) is 37.0 Å². The Labute approximate surface area is 216 Å². The number of benzene rings is 1. The highest BCUT2D eigenvalue weighted by atomic mass is 16.7. The van der Waals surface area contributed by atoms with E-state index in [9.17, 15) is 9.90 Å². The van der Waals surface area contributed by atoms with Gasteiger partial charge in [-0.15, -0.1) is 5.92 Å². The number of esters is 1. The summed E-state index contributed by atoms with van der Waals surface area (Å²) in [7, 11) is 0. The fourth-order valence-corrected chi connectivity index (χ4v) is 7.47. The minimum Gasteiger partial charge on any atom is -0.466 e. The number of ether oxygens (including phenoxy) is 3. The van der Waals surface area contributed by atoms with Crippen LogP contribution < -0.4 is 4.74 Å². The predicted octanol–water partition coefficient (Wildman–Crippen LogP) is 5.92. The Kier molecular flexibility index (Phi) is 7.65. The van der Waals surface area contributed by atoms with Gasteiger partial charge in [0.05, 0.1) is 13.2 Å². The van der Waals surface area contributed by atoms with Crippen LogP contribution in [0.2, 0.25) is 0 Å². The number of fused-ring (bicyclic) bond motifs is 5. The van der Waals surface area contributed by atoms with E-state index >= 15 is 0 Å². The highest BCUT2D eigenvalue weighted by Gasteiger charge is 2.61. The average Bonchev–Trinajstić information content (AvgIpc) is 3.16. The molecule has 6 atom stereocenters. The van der Waals surface area contributed by atoms with Crippen molar-refractivity contribution in [1.82, 2.24) is 0 Å². The van der Waals surface area contributed by atoms with Crippen LogP contribution in [-0.2, 0) is 20.7 Å². The van der Waals surface area contributed by atoms with Gasteiger partial charge in [0, 0.05) is 24.7 Å². The van der Waals surface area contributed by atoms with Crippen molar-refractivity contribution < 1.29 is 24.1 Å². The SMILES string of the molecule is CCC(=O)OCCCC#C[C@]1(O)CC[C@H]2[C@@H]3CCc4cc(OC5CCCCO5)ccc4[C@H]3CC[C@@]21C. The Morgan fingerprint density at radius 2 is 2.08 bits per heavy atom. The van der Waals surface area contributed by atoms with Crippen molar-refractivity contribution in [2.75, 3.05) is 13.2 Å². The summed E-state index contributed by atoms with van der Waals surface area (Å²) in [5, 5.41) is 11.7. The first kappa shape index (κ1) is 25.6. The molecule has 1 aromatic rings. The van der Waals surface area contributed by atoms with Crippen LogP contribution in [0.15, 0.2) is 18.2 Å². The predicted molar refractivity (Wildman–Crippen MR) is 138 cm³/mol. The van der Waals surface area contributed by atoms with E-state index in [1.807, 2.05) is 0 Å². The van der Waals surface area contributed by atoms with Gasteiger partial charge in [-0.3, -0.25) is 4.79 Å². The molecule has 1 unspecified atom stereocenters. The fraction of sp³-hybridized carbons (Fsp3) is 0.710. The van der Waals surface area contributed by atoms with Crippen LogP contribution in [0.1, 0.15) is 102 Å². The zero-order valence-corrected chi connectivity index (χ0v) is 22.0. The van der Waals surface area contributed by atoms with Crippen LogP contribution in [0, 0.1) is 29.1 Å². The summed E-state index contributed by atoms with van der Waals surface area (Å²) >= 11 is 0. The molecule has 0 radical (unpaired) electrons. The molecular formula is C31H42O5. The minimum atomic E-state index is -0.916. The summed E-state index contributed by atoms with van der Waals surface area (Å²) in [6, 6.07) is 6.70. The molecule has 5 heteroatoms. The molecule has 2 saturated carbocycles. The number of hydrogen-bond donors (Lipinski definition) is 1. The lowest BCUT2D eigenvalue weighted by atomic mass is 9.53. The second kappa shape index (κ2) is 10.8. The molecule has 196 valence electrons. The molecular weight excluding hydrogens is 452 g/mol. The highest BCUT2D eigenvalue weighted by molar-refractivity contribution is 5.68. The van der Waals surface area contributed by atoms with Gasteiger partial charge in [0.1, 0.15) is 11.4 Å². The van der Waals surface area contributed by atoms with Gasteiger partial charge in [-0.2, -0.15) is 0 Å². The molecule has 0 bridgehead atoms. The maximum Gasteiger partial charge on any atom is 0.305 e. The Morgan fingerprint density at radius 1 is 1.19 bits per heavy atom. The Morgan fingerprint density at radius 3 is 2.89 bits per heavy atom. The van der Waals surface area contributed by atoms with Gasteiger partial charge in [0.15, 0.2) is 6.29 Å². The van der Waals surface area contributed by atoms with Gasteiger partial charge in [0.25, 0.3) is 0 Å². The maximum absolute atomic E-state index is 11.7. The lowest BCUT2D eigenvalue weighted by molar-refractivity contribution is -0.143. The second-order valence-electron chi connectivity index (χ2n) is 11.5. The topological polar surface area (TPSA) is 65.0 Å². The van der Waals surface area contributed by atoms with Crippen molar-refractivity contribution in [3.63, 3.8) is 0 Å². The Bertz CT molecular complexity index is 1000. The molecule has 0 aromatic heterocycles. The molecule has 1 aromatic carbocycles. The molecule has 1 heterocycles. The van der Waals surface area contributed by atoms with Crippen LogP contribution in [0.3, 0.4) is 0 Å². The summed E-state index contributed by atoms with van der Waals surface area (Å²) in [6.07, 6.45) is 11.1. The van der Waals surface area contributed by atoms with Gasteiger partial charge in [-0.25, -0.2) is 0 Å². The third-order valence-corrected chi connectivity index (χ3v) is 9.55. The molecule has 3 aliphatic carbocycles. The summed E-state index contributed by atoms with van der Waals surface area (Å²) < 4.78 is 17.1. The van der Waals surface area contributed by atoms with Crippen molar-refractivity contribution in [2.45, 2.75) is 109 Å². The lowest BCUT2D eigenvalue weighted by Crippen LogP contribution is -2.50. The highest BCUT2D eigenvalue weighted by Crippen LogP contribution is 2.64. The number of hydrogen-bond acceptors (Lipinski definition) is 5. The van der Waals surface area contributed by atoms with E-state index in [1.165, 1.54) is 24.0 Å². The first-order valence-electron chi connectivity index (χ1n) is 14.2. The number of aryl methyl sites for hydroxylation is 1. The zero-order chi connectivity index (χ0) is 25.2. The van der Waals surface area contributed by atoms with Gasteiger partial charge < -0.3 is 19.3 Å². The molecule has 1 aliphatic heterocycles. The van der Waals surface area contributed by atoms with Gasteiger partial charge in [0.2, 0.25) is 0 Å². The van der Waals surface area contributed by atoms with Gasteiger partial charge in [-0.05, 0) is 98.8 Å². The summed E-state index contributed by atoms with van der Waals surface area (Å²) in [4.78, 5) is 11.3. The fourth-order valence-electron chi connectivity index (χ4n) is 7.47. The minimum absolute atomic E-state index is 0.104. The van der Waals surface area contributed by atoms with E-state index in [0.29, 0.717) is 37.2 Å². The first-order chi connectivity index (χ1) is 17.4. The van der Waals surface area contributed by atoms with Gasteiger partial charge >= 0.3 is 5.97 Å². The second-order valence-corrected chi connectivity index (χ2v) is 11.5. The van der Waals surface area contributed by atoms with Crippen LogP contribution in [0.4, 0.5) is 0 Å². The van der Waals surface area contributed by atoms with Crippen molar-refractivity contribution in [3.8, 4) is 17.6 Å². The quantitative estimate of drug-likeness (QED) is 0.302. The largest absolute Gasteiger partial charge is 0.466 e. The third kappa shape index (κ3) is 4.92. The van der Waals surface area contributed by atoms with Crippen LogP contribution in [-0.4, -0.2) is 36.2 Å². The molecule has 1 saturated heterocycles. The molecule has 0 spiro atoms.